The SMILES string of the molecule is COC(CCCN1C(=O)c2ccccc2C1=O)Cc1ccc(C)cc1. The van der Waals surface area contributed by atoms with Gasteiger partial charge in [-0.3, -0.25) is 14.5 Å². The highest BCUT2D eigenvalue weighted by Gasteiger charge is 2.34. The van der Waals surface area contributed by atoms with Crippen molar-refractivity contribution in [3.05, 3.63) is 70.8 Å². The van der Waals surface area contributed by atoms with E-state index in [1.54, 1.807) is 31.4 Å². The monoisotopic (exact) mass is 337 g/mol. The fourth-order valence-corrected chi connectivity index (χ4v) is 3.21. The van der Waals surface area contributed by atoms with Crippen molar-refractivity contribution in [1.29, 1.82) is 0 Å². The zero-order chi connectivity index (χ0) is 17.8. The molecule has 130 valence electrons. The summed E-state index contributed by atoms with van der Waals surface area (Å²) in [5.74, 6) is -0.374. The molecule has 0 bridgehead atoms. The predicted octanol–water partition coefficient (Wildman–Crippen LogP) is 3.63. The maximum Gasteiger partial charge on any atom is 0.261 e. The lowest BCUT2D eigenvalue weighted by molar-refractivity contribution is 0.0622. The topological polar surface area (TPSA) is 46.6 Å². The summed E-state index contributed by atoms with van der Waals surface area (Å²) in [5, 5.41) is 0. The van der Waals surface area contributed by atoms with Gasteiger partial charge in [0.1, 0.15) is 0 Å². The Bertz CT molecular complexity index is 732. The van der Waals surface area contributed by atoms with Gasteiger partial charge >= 0.3 is 0 Å². The maximum absolute atomic E-state index is 12.3. The molecule has 1 aliphatic rings. The maximum atomic E-state index is 12.3. The van der Waals surface area contributed by atoms with Gasteiger partial charge < -0.3 is 4.74 Å². The second-order valence-electron chi connectivity index (χ2n) is 6.50. The number of ether oxygens (including phenoxy) is 1. The summed E-state index contributed by atoms with van der Waals surface area (Å²) in [7, 11) is 1.71. The number of hydrogen-bond acceptors (Lipinski definition) is 3. The van der Waals surface area contributed by atoms with Gasteiger partial charge in [0.25, 0.3) is 11.8 Å². The third-order valence-electron chi connectivity index (χ3n) is 4.70. The number of carbonyl (C=O) groups excluding carboxylic acids is 2. The lowest BCUT2D eigenvalue weighted by Crippen LogP contribution is -2.31. The Morgan fingerprint density at radius 2 is 1.56 bits per heavy atom. The largest absolute Gasteiger partial charge is 0.381 e. The predicted molar refractivity (Wildman–Crippen MR) is 96.7 cm³/mol. The number of nitrogens with zero attached hydrogens (tertiary/aromatic N) is 1. The van der Waals surface area contributed by atoms with Crippen LogP contribution in [0.4, 0.5) is 0 Å². The molecule has 1 unspecified atom stereocenters. The van der Waals surface area contributed by atoms with Crippen molar-refractivity contribution in [2.45, 2.75) is 32.3 Å². The Labute approximate surface area is 148 Å². The summed E-state index contributed by atoms with van der Waals surface area (Å²) in [6.45, 7) is 2.50. The van der Waals surface area contributed by atoms with Crippen LogP contribution >= 0.6 is 0 Å². The molecule has 4 nitrogen and oxygen atoms in total. The van der Waals surface area contributed by atoms with Crippen molar-refractivity contribution < 1.29 is 14.3 Å². The van der Waals surface area contributed by atoms with Gasteiger partial charge in [0.2, 0.25) is 0 Å². The van der Waals surface area contributed by atoms with Gasteiger partial charge in [-0.25, -0.2) is 0 Å². The molecule has 0 saturated carbocycles. The minimum absolute atomic E-state index is 0.0814. The highest BCUT2D eigenvalue weighted by atomic mass is 16.5. The Hall–Kier alpha value is -2.46. The van der Waals surface area contributed by atoms with Crippen LogP contribution in [0.5, 0.6) is 0 Å². The fourth-order valence-electron chi connectivity index (χ4n) is 3.21. The summed E-state index contributed by atoms with van der Waals surface area (Å²) < 4.78 is 5.58. The van der Waals surface area contributed by atoms with Crippen molar-refractivity contribution in [2.24, 2.45) is 0 Å². The van der Waals surface area contributed by atoms with Gasteiger partial charge in [0, 0.05) is 13.7 Å². The number of benzene rings is 2. The molecule has 0 spiro atoms. The standard InChI is InChI=1S/C21H23NO3/c1-15-9-11-16(12-10-15)14-17(25-2)6-5-13-22-20(23)18-7-3-4-8-19(18)21(22)24/h3-4,7-12,17H,5-6,13-14H2,1-2H3. The molecule has 0 aliphatic carbocycles. The highest BCUT2D eigenvalue weighted by Crippen LogP contribution is 2.23. The molecule has 1 heterocycles. The molecule has 4 heteroatoms. The Kier molecular flexibility index (Phi) is 5.29. The molecule has 0 radical (unpaired) electrons. The van der Waals surface area contributed by atoms with Gasteiger partial charge in [0.15, 0.2) is 0 Å². The van der Waals surface area contributed by atoms with Crippen molar-refractivity contribution in [3.8, 4) is 0 Å². The Morgan fingerprint density at radius 1 is 0.960 bits per heavy atom. The lowest BCUT2D eigenvalue weighted by Gasteiger charge is -2.18. The van der Waals surface area contributed by atoms with Crippen LogP contribution in [0, 0.1) is 6.92 Å². The van der Waals surface area contributed by atoms with Crippen molar-refractivity contribution >= 4 is 11.8 Å². The normalized spacial score (nSPS) is 14.7. The summed E-state index contributed by atoms with van der Waals surface area (Å²) in [6.07, 6.45) is 2.45. The summed E-state index contributed by atoms with van der Waals surface area (Å²) >= 11 is 0. The van der Waals surface area contributed by atoms with Crippen LogP contribution in [0.1, 0.15) is 44.7 Å². The van der Waals surface area contributed by atoms with E-state index in [1.807, 2.05) is 0 Å². The van der Waals surface area contributed by atoms with E-state index in [2.05, 4.69) is 31.2 Å². The second-order valence-corrected chi connectivity index (χ2v) is 6.50. The summed E-state index contributed by atoms with van der Waals surface area (Å²) in [6, 6.07) is 15.4. The van der Waals surface area contributed by atoms with Gasteiger partial charge in [-0.05, 0) is 43.9 Å². The molecule has 0 fully saturated rings. The molecule has 0 aromatic heterocycles. The van der Waals surface area contributed by atoms with E-state index < -0.39 is 0 Å². The summed E-state index contributed by atoms with van der Waals surface area (Å²) in [4.78, 5) is 26.0. The Morgan fingerprint density at radius 3 is 2.12 bits per heavy atom. The number of hydrogen-bond donors (Lipinski definition) is 0. The minimum atomic E-state index is -0.187. The summed E-state index contributed by atoms with van der Waals surface area (Å²) in [5.41, 5.74) is 3.49. The van der Waals surface area contributed by atoms with E-state index in [0.29, 0.717) is 17.7 Å². The highest BCUT2D eigenvalue weighted by molar-refractivity contribution is 6.21. The fraction of sp³-hybridized carbons (Fsp3) is 0.333. The van der Waals surface area contributed by atoms with E-state index in [0.717, 1.165) is 19.3 Å². The number of imide groups is 1. The average molecular weight is 337 g/mol. The zero-order valence-electron chi connectivity index (χ0n) is 14.7. The van der Waals surface area contributed by atoms with Crippen LogP contribution < -0.4 is 0 Å². The number of methoxy groups -OCH3 is 1. The smallest absolute Gasteiger partial charge is 0.261 e. The molecule has 25 heavy (non-hydrogen) atoms. The number of aryl methyl sites for hydroxylation is 1. The van der Waals surface area contributed by atoms with E-state index in [9.17, 15) is 9.59 Å². The van der Waals surface area contributed by atoms with Gasteiger partial charge in [-0.15, -0.1) is 0 Å². The van der Waals surface area contributed by atoms with Crippen LogP contribution in [0.25, 0.3) is 0 Å². The zero-order valence-corrected chi connectivity index (χ0v) is 14.7. The third-order valence-corrected chi connectivity index (χ3v) is 4.70. The van der Waals surface area contributed by atoms with Crippen LogP contribution in [0.3, 0.4) is 0 Å². The van der Waals surface area contributed by atoms with Gasteiger partial charge in [-0.2, -0.15) is 0 Å². The van der Waals surface area contributed by atoms with Gasteiger partial charge in [-0.1, -0.05) is 42.0 Å². The first-order chi connectivity index (χ1) is 12.1. The third kappa shape index (κ3) is 3.80. The molecule has 2 aromatic rings. The molecule has 0 saturated heterocycles. The molecule has 3 rings (SSSR count). The number of rotatable bonds is 7. The lowest BCUT2D eigenvalue weighted by atomic mass is 10.0. The molecular formula is C21H23NO3. The molecule has 1 aliphatic heterocycles. The number of carbonyl (C=O) groups is 2. The first kappa shape index (κ1) is 17.4. The molecule has 2 amide bonds. The second kappa shape index (κ2) is 7.62. The number of fused-ring (bicyclic) bond motifs is 1. The van der Waals surface area contributed by atoms with Crippen LogP contribution in [0.15, 0.2) is 48.5 Å². The first-order valence-electron chi connectivity index (χ1n) is 8.63. The Balaban J connectivity index is 1.54. The van der Waals surface area contributed by atoms with E-state index in [-0.39, 0.29) is 17.9 Å². The number of amides is 2. The van der Waals surface area contributed by atoms with E-state index >= 15 is 0 Å². The molecule has 2 aromatic carbocycles. The molecular weight excluding hydrogens is 314 g/mol. The van der Waals surface area contributed by atoms with Gasteiger partial charge in [0.05, 0.1) is 17.2 Å². The molecule has 0 N–H and O–H groups in total. The first-order valence-corrected chi connectivity index (χ1v) is 8.63. The quantitative estimate of drug-likeness (QED) is 0.725. The van der Waals surface area contributed by atoms with Crippen molar-refractivity contribution in [1.82, 2.24) is 4.90 Å². The van der Waals surface area contributed by atoms with E-state index in [1.165, 1.54) is 16.0 Å². The average Bonchev–Trinajstić information content (AvgIpc) is 2.87. The minimum Gasteiger partial charge on any atom is -0.381 e. The van der Waals surface area contributed by atoms with Crippen LogP contribution in [0.2, 0.25) is 0 Å². The van der Waals surface area contributed by atoms with Crippen LogP contribution in [-0.4, -0.2) is 36.5 Å². The molecule has 1 atom stereocenters. The van der Waals surface area contributed by atoms with Crippen LogP contribution in [-0.2, 0) is 11.2 Å². The van der Waals surface area contributed by atoms with E-state index in [4.69, 9.17) is 4.74 Å². The van der Waals surface area contributed by atoms with Crippen molar-refractivity contribution in [2.75, 3.05) is 13.7 Å². The van der Waals surface area contributed by atoms with Crippen molar-refractivity contribution in [3.63, 3.8) is 0 Å².